The largest absolute Gasteiger partial charge is 0.506 e. The number of aromatic amines is 1. The number of pyridine rings is 1. The summed E-state index contributed by atoms with van der Waals surface area (Å²) in [4.78, 5) is 57.9. The first kappa shape index (κ1) is 45.6. The highest BCUT2D eigenvalue weighted by molar-refractivity contribution is 5.94. The lowest BCUT2D eigenvalue weighted by atomic mass is 9.86. The van der Waals surface area contributed by atoms with Crippen LogP contribution in [0.5, 0.6) is 11.5 Å². The number of ether oxygens (including phenoxy) is 3. The number of H-pyrrole nitrogens is 1. The first-order valence-electron chi connectivity index (χ1n) is 22.5. The fourth-order valence-corrected chi connectivity index (χ4v) is 8.72. The smallest absolute Gasteiger partial charge is 0.408 e. The van der Waals surface area contributed by atoms with E-state index in [1.165, 1.54) is 12.1 Å². The first-order valence-corrected chi connectivity index (χ1v) is 22.5. The van der Waals surface area contributed by atoms with E-state index in [2.05, 4.69) is 20.5 Å². The van der Waals surface area contributed by atoms with E-state index in [0.29, 0.717) is 46.8 Å². The van der Waals surface area contributed by atoms with Crippen LogP contribution in [0.15, 0.2) is 132 Å². The molecule has 9 rings (SSSR count). The van der Waals surface area contributed by atoms with Crippen molar-refractivity contribution in [3.05, 3.63) is 177 Å². The number of aromatic hydroxyl groups is 1. The molecule has 1 unspecified atom stereocenters. The van der Waals surface area contributed by atoms with Crippen LogP contribution in [-0.4, -0.2) is 94.9 Å². The highest BCUT2D eigenvalue weighted by atomic mass is 16.6. The summed E-state index contributed by atoms with van der Waals surface area (Å²) < 4.78 is 17.7. The average molecular weight is 894 g/mol. The van der Waals surface area contributed by atoms with E-state index < -0.39 is 24.2 Å². The first-order chi connectivity index (χ1) is 32.1. The number of fused-ring (bicyclic) bond motifs is 4. The number of hydrogen-bond donors (Lipinski definition) is 5. The minimum atomic E-state index is -0.898. The number of nitrogens with zero attached hydrogens (tertiary/aromatic N) is 2. The molecule has 0 saturated carbocycles. The molecule has 3 aliphatic heterocycles. The van der Waals surface area contributed by atoms with E-state index in [1.807, 2.05) is 85.8 Å². The Morgan fingerprint density at radius 3 is 2.30 bits per heavy atom. The zero-order chi connectivity index (χ0) is 46.0. The lowest BCUT2D eigenvalue weighted by Crippen LogP contribution is -2.52. The maximum atomic E-state index is 13.4. The lowest BCUT2D eigenvalue weighted by Gasteiger charge is -2.43. The van der Waals surface area contributed by atoms with Crippen molar-refractivity contribution in [2.75, 3.05) is 45.9 Å². The van der Waals surface area contributed by atoms with Crippen LogP contribution in [0.25, 0.3) is 10.9 Å². The second kappa shape index (κ2) is 21.3. The molecule has 66 heavy (non-hydrogen) atoms. The van der Waals surface area contributed by atoms with Gasteiger partial charge in [0.15, 0.2) is 0 Å². The minimum absolute atomic E-state index is 0.0204. The van der Waals surface area contributed by atoms with E-state index in [-0.39, 0.29) is 55.1 Å². The number of nitrogens with one attached hydrogen (secondary N) is 3. The molecule has 1 aromatic heterocycles. The Morgan fingerprint density at radius 1 is 0.848 bits per heavy atom. The third-order valence-electron chi connectivity index (χ3n) is 12.4. The number of esters is 1. The number of phenolic OH excluding ortho intramolecular Hbond substituents is 1. The van der Waals surface area contributed by atoms with Crippen molar-refractivity contribution in [2.45, 2.75) is 51.2 Å². The van der Waals surface area contributed by atoms with E-state index in [4.69, 9.17) is 14.2 Å². The molecule has 0 spiro atoms. The van der Waals surface area contributed by atoms with Crippen molar-refractivity contribution >= 4 is 28.9 Å². The number of aliphatic hydroxyl groups excluding tert-OH is 1. The molecular weight excluding hydrogens is 839 g/mol. The van der Waals surface area contributed by atoms with Gasteiger partial charge in [0.25, 0.3) is 5.91 Å². The number of carbonyl (C=O) groups excluding carboxylic acids is 3. The summed E-state index contributed by atoms with van der Waals surface area (Å²) in [5, 5.41) is 27.9. The van der Waals surface area contributed by atoms with Gasteiger partial charge in [-0.1, -0.05) is 72.8 Å². The summed E-state index contributed by atoms with van der Waals surface area (Å²) in [6.45, 7) is 6.34. The minimum Gasteiger partial charge on any atom is -0.506 e. The van der Waals surface area contributed by atoms with Crippen LogP contribution < -0.4 is 20.9 Å². The number of alkyl carbamates (subject to hydrolysis) is 1. The molecule has 0 radical (unpaired) electrons. The summed E-state index contributed by atoms with van der Waals surface area (Å²) in [7, 11) is 0. The maximum absolute atomic E-state index is 13.4. The van der Waals surface area contributed by atoms with Gasteiger partial charge in [0, 0.05) is 43.2 Å². The van der Waals surface area contributed by atoms with Gasteiger partial charge in [-0.15, -0.1) is 0 Å². The van der Waals surface area contributed by atoms with Gasteiger partial charge in [0.05, 0.1) is 29.8 Å². The number of aliphatic hydroxyl groups is 1. The Morgan fingerprint density at radius 2 is 1.58 bits per heavy atom. The maximum Gasteiger partial charge on any atom is 0.408 e. The highest BCUT2D eigenvalue weighted by Crippen LogP contribution is 2.32. The fraction of sp³-hybridized carbons (Fsp3) is 0.308. The quantitative estimate of drug-likeness (QED) is 0.0569. The molecule has 5 N–H and O–H groups in total. The standard InChI is InChI=1S/C52H55N5O9/c1-2-57(50(61)38-15-11-34(12-16-38)30-53-31-45(59)42-19-21-44(58)49-43(42)20-22-47(60)54-49)27-28-64-51(62)39-17-13-35(14-18-39)33-65-41-10-6-9-40(29-41)48(37-7-4-3-5-8-37)55-52(63)66-46-32-56-25-23-36(46)24-26-56/h3-22,29,36,45-46,48,53,58-59H,2,23-28,30-33H2,1H3,(H,54,60)(H,55,63)/t45-,46-,48?/m0/s1. The number of piperidine rings is 3. The molecule has 4 heterocycles. The van der Waals surface area contributed by atoms with Crippen LogP contribution in [0.3, 0.4) is 0 Å². The number of aromatic nitrogens is 1. The third kappa shape index (κ3) is 11.3. The van der Waals surface area contributed by atoms with Crippen LogP contribution >= 0.6 is 0 Å². The number of rotatable bonds is 18. The van der Waals surface area contributed by atoms with E-state index >= 15 is 0 Å². The average Bonchev–Trinajstić information content (AvgIpc) is 3.35. The SMILES string of the molecule is CCN(CCOC(=O)c1ccc(COc2cccc(C(NC(=O)O[C@H]3CN4CCC3CC4)c3ccccc3)c2)cc1)C(=O)c1ccc(CNC[C@H](O)c2ccc(O)c3[nH]c(=O)ccc23)cc1. The molecule has 3 saturated heterocycles. The third-order valence-corrected chi connectivity index (χ3v) is 12.4. The van der Waals surface area contributed by atoms with Crippen molar-refractivity contribution in [2.24, 2.45) is 5.92 Å². The Labute approximate surface area is 383 Å². The Bertz CT molecular complexity index is 2670. The molecule has 3 atom stereocenters. The summed E-state index contributed by atoms with van der Waals surface area (Å²) >= 11 is 0. The van der Waals surface area contributed by atoms with Crippen LogP contribution in [0.2, 0.25) is 0 Å². The normalized spacial score (nSPS) is 17.4. The molecule has 14 nitrogen and oxygen atoms in total. The van der Waals surface area contributed by atoms with E-state index in [0.717, 1.165) is 54.7 Å². The molecular formula is C52H55N5O9. The predicted octanol–water partition coefficient (Wildman–Crippen LogP) is 6.86. The van der Waals surface area contributed by atoms with Gasteiger partial charge in [-0.25, -0.2) is 9.59 Å². The Hall–Kier alpha value is -7.00. The second-order valence-electron chi connectivity index (χ2n) is 16.8. The topological polar surface area (TPSA) is 183 Å². The second-order valence-corrected chi connectivity index (χ2v) is 16.8. The van der Waals surface area contributed by atoms with Crippen molar-refractivity contribution in [1.82, 2.24) is 25.4 Å². The highest BCUT2D eigenvalue weighted by Gasteiger charge is 2.37. The summed E-state index contributed by atoms with van der Waals surface area (Å²) in [5.41, 5.74) is 4.89. The molecule has 14 heteroatoms. The van der Waals surface area contributed by atoms with E-state index in [1.54, 1.807) is 41.3 Å². The fourth-order valence-electron chi connectivity index (χ4n) is 8.72. The van der Waals surface area contributed by atoms with Gasteiger partial charge in [0.2, 0.25) is 5.56 Å². The molecule has 2 bridgehead atoms. The molecule has 6 aromatic rings. The van der Waals surface area contributed by atoms with Crippen LogP contribution in [0.4, 0.5) is 4.79 Å². The number of benzene rings is 5. The monoisotopic (exact) mass is 893 g/mol. The summed E-state index contributed by atoms with van der Waals surface area (Å²) in [5.74, 6) is 0.272. The number of amides is 2. The summed E-state index contributed by atoms with van der Waals surface area (Å²) in [6.07, 6.45) is 0.678. The van der Waals surface area contributed by atoms with Gasteiger partial charge in [-0.3, -0.25) is 14.5 Å². The van der Waals surface area contributed by atoms with Crippen molar-refractivity contribution in [3.63, 3.8) is 0 Å². The number of carbonyl (C=O) groups is 3. The van der Waals surface area contributed by atoms with Gasteiger partial charge >= 0.3 is 12.1 Å². The zero-order valence-corrected chi connectivity index (χ0v) is 36.9. The van der Waals surface area contributed by atoms with Gasteiger partial charge < -0.3 is 44.9 Å². The van der Waals surface area contributed by atoms with Gasteiger partial charge in [-0.05, 0) is 115 Å². The van der Waals surface area contributed by atoms with Gasteiger partial charge in [-0.2, -0.15) is 0 Å². The molecule has 2 amide bonds. The molecule has 342 valence electrons. The van der Waals surface area contributed by atoms with Crippen LogP contribution in [0, 0.1) is 5.92 Å². The Kier molecular flexibility index (Phi) is 14.7. The number of hydrogen-bond acceptors (Lipinski definition) is 11. The zero-order valence-electron chi connectivity index (χ0n) is 36.9. The molecule has 0 aliphatic carbocycles. The molecule has 3 aliphatic rings. The number of phenols is 1. The van der Waals surface area contributed by atoms with Crippen molar-refractivity contribution < 1.29 is 38.8 Å². The molecule has 3 fully saturated rings. The number of likely N-dealkylation sites (N-methyl/N-ethyl adjacent to an activating group) is 1. The Balaban J connectivity index is 0.782. The summed E-state index contributed by atoms with van der Waals surface area (Å²) in [6, 6.07) is 37.1. The van der Waals surface area contributed by atoms with Crippen LogP contribution in [-0.2, 0) is 22.6 Å². The predicted molar refractivity (Wildman–Crippen MR) is 249 cm³/mol. The lowest BCUT2D eigenvalue weighted by molar-refractivity contribution is -0.0336. The van der Waals surface area contributed by atoms with Crippen molar-refractivity contribution in [1.29, 1.82) is 0 Å². The van der Waals surface area contributed by atoms with E-state index in [9.17, 15) is 29.4 Å². The van der Waals surface area contributed by atoms with Crippen molar-refractivity contribution in [3.8, 4) is 11.5 Å². The molecule has 5 aromatic carbocycles. The van der Waals surface area contributed by atoms with Crippen LogP contribution in [0.1, 0.15) is 80.4 Å². The van der Waals surface area contributed by atoms with Gasteiger partial charge in [0.1, 0.15) is 30.8 Å².